The van der Waals surface area contributed by atoms with Gasteiger partial charge >= 0.3 is 6.03 Å². The molecule has 0 aliphatic rings. The zero-order chi connectivity index (χ0) is 12.1. The first kappa shape index (κ1) is 12.0. The molecule has 0 atom stereocenters. The zero-order valence-corrected chi connectivity index (χ0v) is 9.33. The van der Waals surface area contributed by atoms with E-state index < -0.39 is 6.03 Å². The van der Waals surface area contributed by atoms with E-state index in [2.05, 4.69) is 10.6 Å². The van der Waals surface area contributed by atoms with Crippen LogP contribution in [-0.2, 0) is 4.79 Å². The Morgan fingerprint density at radius 1 is 1.31 bits per heavy atom. The molecule has 3 amide bonds. The molecule has 5 heteroatoms. The molecule has 4 N–H and O–H groups in total. The van der Waals surface area contributed by atoms with Crippen LogP contribution in [0.4, 0.5) is 10.5 Å². The van der Waals surface area contributed by atoms with Crippen LogP contribution in [0, 0.1) is 13.8 Å². The first-order valence-electron chi connectivity index (χ1n) is 4.90. The summed E-state index contributed by atoms with van der Waals surface area (Å²) >= 11 is 0. The first-order valence-corrected chi connectivity index (χ1v) is 4.90. The fourth-order valence-corrected chi connectivity index (χ4v) is 1.25. The van der Waals surface area contributed by atoms with Crippen LogP contribution in [0.2, 0.25) is 0 Å². The lowest BCUT2D eigenvalue weighted by Gasteiger charge is -2.10. The maximum atomic E-state index is 11.4. The summed E-state index contributed by atoms with van der Waals surface area (Å²) in [4.78, 5) is 21.8. The van der Waals surface area contributed by atoms with Gasteiger partial charge in [0.2, 0.25) is 5.91 Å². The lowest BCUT2D eigenvalue weighted by molar-refractivity contribution is -0.115. The molecule has 5 nitrogen and oxygen atoms in total. The molecule has 86 valence electrons. The third-order valence-electron chi connectivity index (χ3n) is 2.30. The molecule has 0 aliphatic heterocycles. The number of benzene rings is 1. The summed E-state index contributed by atoms with van der Waals surface area (Å²) in [6.45, 7) is 3.77. The number of nitrogens with one attached hydrogen (secondary N) is 2. The topological polar surface area (TPSA) is 84.2 Å². The Morgan fingerprint density at radius 3 is 2.62 bits per heavy atom. The number of amides is 3. The smallest absolute Gasteiger partial charge is 0.312 e. The van der Waals surface area contributed by atoms with Gasteiger partial charge in [-0.15, -0.1) is 0 Å². The number of aryl methyl sites for hydroxylation is 1. The molecule has 1 rings (SSSR count). The van der Waals surface area contributed by atoms with Crippen LogP contribution in [-0.4, -0.2) is 18.5 Å². The molecular weight excluding hydrogens is 206 g/mol. The van der Waals surface area contributed by atoms with Gasteiger partial charge in [-0.3, -0.25) is 4.79 Å². The van der Waals surface area contributed by atoms with Gasteiger partial charge in [-0.25, -0.2) is 4.79 Å². The van der Waals surface area contributed by atoms with Gasteiger partial charge in [-0.1, -0.05) is 12.1 Å². The molecule has 0 bridgehead atoms. The predicted octanol–water partition coefficient (Wildman–Crippen LogP) is 0.910. The molecule has 0 unspecified atom stereocenters. The summed E-state index contributed by atoms with van der Waals surface area (Å²) in [6, 6.07) is 4.92. The van der Waals surface area contributed by atoms with E-state index in [9.17, 15) is 9.59 Å². The lowest BCUT2D eigenvalue weighted by atomic mass is 10.1. The molecule has 1 aromatic rings. The van der Waals surface area contributed by atoms with E-state index in [1.54, 1.807) is 0 Å². The average Bonchev–Trinajstić information content (AvgIpc) is 2.22. The highest BCUT2D eigenvalue weighted by Gasteiger charge is 2.06. The Hall–Kier alpha value is -2.04. The summed E-state index contributed by atoms with van der Waals surface area (Å²) in [5, 5.41) is 4.92. The van der Waals surface area contributed by atoms with Crippen molar-refractivity contribution in [3.05, 3.63) is 29.3 Å². The van der Waals surface area contributed by atoms with Crippen LogP contribution in [0.3, 0.4) is 0 Å². The Morgan fingerprint density at radius 2 is 2.00 bits per heavy atom. The van der Waals surface area contributed by atoms with Crippen molar-refractivity contribution in [2.24, 2.45) is 5.73 Å². The van der Waals surface area contributed by atoms with Crippen molar-refractivity contribution in [3.63, 3.8) is 0 Å². The van der Waals surface area contributed by atoms with Crippen molar-refractivity contribution < 1.29 is 9.59 Å². The second kappa shape index (κ2) is 5.16. The Labute approximate surface area is 94.0 Å². The normalized spacial score (nSPS) is 9.62. The van der Waals surface area contributed by atoms with Crippen molar-refractivity contribution in [2.75, 3.05) is 11.9 Å². The third kappa shape index (κ3) is 3.27. The molecule has 0 saturated carbocycles. The first-order chi connectivity index (χ1) is 7.50. The third-order valence-corrected chi connectivity index (χ3v) is 2.30. The van der Waals surface area contributed by atoms with Crippen molar-refractivity contribution in [1.29, 1.82) is 0 Å². The van der Waals surface area contributed by atoms with Gasteiger partial charge in [0.1, 0.15) is 0 Å². The minimum absolute atomic E-state index is 0.122. The Balaban J connectivity index is 2.63. The number of hydrogen-bond acceptors (Lipinski definition) is 2. The van der Waals surface area contributed by atoms with E-state index in [0.717, 1.165) is 16.8 Å². The minimum Gasteiger partial charge on any atom is -0.352 e. The van der Waals surface area contributed by atoms with Crippen LogP contribution in [0.25, 0.3) is 0 Å². The Kier molecular flexibility index (Phi) is 3.88. The van der Waals surface area contributed by atoms with E-state index in [1.165, 1.54) is 0 Å². The zero-order valence-electron chi connectivity index (χ0n) is 9.33. The largest absolute Gasteiger partial charge is 0.352 e. The molecule has 0 fully saturated rings. The van der Waals surface area contributed by atoms with E-state index in [4.69, 9.17) is 5.73 Å². The predicted molar refractivity (Wildman–Crippen MR) is 62.1 cm³/mol. The van der Waals surface area contributed by atoms with Gasteiger partial charge < -0.3 is 16.4 Å². The second-order valence-electron chi connectivity index (χ2n) is 3.51. The van der Waals surface area contributed by atoms with Crippen molar-refractivity contribution in [3.8, 4) is 0 Å². The van der Waals surface area contributed by atoms with Gasteiger partial charge in [0.05, 0.1) is 6.54 Å². The number of carbonyl (C=O) groups is 2. The van der Waals surface area contributed by atoms with Crippen molar-refractivity contribution in [1.82, 2.24) is 5.32 Å². The van der Waals surface area contributed by atoms with Crippen LogP contribution in [0.15, 0.2) is 18.2 Å². The van der Waals surface area contributed by atoms with Crippen molar-refractivity contribution >= 4 is 17.6 Å². The maximum Gasteiger partial charge on any atom is 0.312 e. The van der Waals surface area contributed by atoms with Gasteiger partial charge in [-0.2, -0.15) is 0 Å². The molecule has 0 saturated heterocycles. The molecule has 16 heavy (non-hydrogen) atoms. The number of nitrogens with two attached hydrogens (primary N) is 1. The Bertz CT molecular complexity index is 416. The van der Waals surface area contributed by atoms with Crippen LogP contribution in [0.1, 0.15) is 11.1 Å². The fourth-order valence-electron chi connectivity index (χ4n) is 1.25. The SMILES string of the molecule is Cc1cccc(NC(=O)CNC(N)=O)c1C. The molecule has 0 aliphatic carbocycles. The standard InChI is InChI=1S/C11H15N3O2/c1-7-4-3-5-9(8(7)2)14-10(15)6-13-11(12)16/h3-5H,6H2,1-2H3,(H,14,15)(H3,12,13,16). The van der Waals surface area contributed by atoms with E-state index in [1.807, 2.05) is 32.0 Å². The van der Waals surface area contributed by atoms with E-state index >= 15 is 0 Å². The monoisotopic (exact) mass is 221 g/mol. The highest BCUT2D eigenvalue weighted by Crippen LogP contribution is 2.17. The summed E-state index contributed by atoms with van der Waals surface area (Å²) < 4.78 is 0. The van der Waals surface area contributed by atoms with Gasteiger partial charge in [0.25, 0.3) is 0 Å². The second-order valence-corrected chi connectivity index (χ2v) is 3.51. The summed E-state index contributed by atoms with van der Waals surface area (Å²) in [6.07, 6.45) is 0. The summed E-state index contributed by atoms with van der Waals surface area (Å²) in [5.41, 5.74) is 7.71. The van der Waals surface area contributed by atoms with Gasteiger partial charge in [0.15, 0.2) is 0 Å². The highest BCUT2D eigenvalue weighted by atomic mass is 16.2. The number of primary amides is 1. The van der Waals surface area contributed by atoms with Crippen LogP contribution < -0.4 is 16.4 Å². The number of rotatable bonds is 3. The van der Waals surface area contributed by atoms with E-state index in [0.29, 0.717) is 0 Å². The van der Waals surface area contributed by atoms with Crippen LogP contribution in [0.5, 0.6) is 0 Å². The maximum absolute atomic E-state index is 11.4. The molecule has 0 radical (unpaired) electrons. The highest BCUT2D eigenvalue weighted by molar-refractivity contribution is 5.94. The van der Waals surface area contributed by atoms with E-state index in [-0.39, 0.29) is 12.5 Å². The minimum atomic E-state index is -0.712. The number of hydrogen-bond donors (Lipinski definition) is 3. The summed E-state index contributed by atoms with van der Waals surface area (Å²) in [5.74, 6) is -0.299. The number of anilines is 1. The quantitative estimate of drug-likeness (QED) is 0.708. The molecule has 0 spiro atoms. The summed E-state index contributed by atoms with van der Waals surface area (Å²) in [7, 11) is 0. The number of urea groups is 1. The van der Waals surface area contributed by atoms with Crippen LogP contribution >= 0.6 is 0 Å². The lowest BCUT2D eigenvalue weighted by Crippen LogP contribution is -2.36. The molecule has 0 heterocycles. The fraction of sp³-hybridized carbons (Fsp3) is 0.273. The molecular formula is C11H15N3O2. The number of carbonyl (C=O) groups excluding carboxylic acids is 2. The van der Waals surface area contributed by atoms with Gasteiger partial charge in [-0.05, 0) is 31.0 Å². The average molecular weight is 221 g/mol. The van der Waals surface area contributed by atoms with Gasteiger partial charge in [0, 0.05) is 5.69 Å². The molecule has 1 aromatic carbocycles. The molecule has 0 aromatic heterocycles. The van der Waals surface area contributed by atoms with Crippen molar-refractivity contribution in [2.45, 2.75) is 13.8 Å².